The highest BCUT2D eigenvalue weighted by molar-refractivity contribution is 5.85. The fourth-order valence-corrected chi connectivity index (χ4v) is 3.09. The molecule has 24 heavy (non-hydrogen) atoms. The second-order valence-electron chi connectivity index (χ2n) is 5.97. The number of hydrogen-bond acceptors (Lipinski definition) is 3. The first-order valence-corrected chi connectivity index (χ1v) is 7.96. The van der Waals surface area contributed by atoms with Crippen molar-refractivity contribution in [3.8, 4) is 11.6 Å². The van der Waals surface area contributed by atoms with Crippen molar-refractivity contribution in [1.29, 1.82) is 0 Å². The van der Waals surface area contributed by atoms with E-state index in [0.29, 0.717) is 6.54 Å². The van der Waals surface area contributed by atoms with Crippen molar-refractivity contribution in [2.45, 2.75) is 20.4 Å². The van der Waals surface area contributed by atoms with E-state index in [1.54, 1.807) is 0 Å². The van der Waals surface area contributed by atoms with Gasteiger partial charge >= 0.3 is 0 Å². The summed E-state index contributed by atoms with van der Waals surface area (Å²) >= 11 is 0. The third-order valence-corrected chi connectivity index (χ3v) is 4.34. The molecule has 0 saturated carbocycles. The number of aryl methyl sites for hydroxylation is 2. The molecule has 3 aromatic heterocycles. The number of rotatable bonds is 3. The Morgan fingerprint density at radius 3 is 2.58 bits per heavy atom. The van der Waals surface area contributed by atoms with Gasteiger partial charge in [-0.15, -0.1) is 0 Å². The molecule has 4 rings (SSSR count). The molecule has 0 fully saturated rings. The number of benzene rings is 1. The number of nitrogens with two attached hydrogens (primary N) is 1. The Balaban J connectivity index is 1.99. The van der Waals surface area contributed by atoms with Gasteiger partial charge in [0.1, 0.15) is 5.82 Å². The lowest BCUT2D eigenvalue weighted by molar-refractivity contribution is 0.798. The third-order valence-electron chi connectivity index (χ3n) is 4.34. The van der Waals surface area contributed by atoms with Gasteiger partial charge in [-0.1, -0.05) is 18.2 Å². The monoisotopic (exact) mass is 317 g/mol. The number of para-hydroxylation sites is 1. The SMILES string of the molecule is Cc1cc(-n2ncc(CN)c2-n2cccc2)nc2c(C)cccc12. The van der Waals surface area contributed by atoms with Crippen LogP contribution in [0.2, 0.25) is 0 Å². The molecule has 4 aromatic rings. The molecule has 0 spiro atoms. The zero-order valence-electron chi connectivity index (χ0n) is 13.8. The number of pyridine rings is 1. The van der Waals surface area contributed by atoms with Gasteiger partial charge in [0.2, 0.25) is 0 Å². The van der Waals surface area contributed by atoms with Crippen molar-refractivity contribution in [3.05, 3.63) is 71.7 Å². The Bertz CT molecular complexity index is 1010. The molecule has 0 saturated heterocycles. The molecule has 0 atom stereocenters. The van der Waals surface area contributed by atoms with Gasteiger partial charge in [-0.25, -0.2) is 4.98 Å². The number of aromatic nitrogens is 4. The molecule has 0 aliphatic heterocycles. The van der Waals surface area contributed by atoms with Gasteiger partial charge in [-0.2, -0.15) is 9.78 Å². The van der Waals surface area contributed by atoms with E-state index in [9.17, 15) is 0 Å². The van der Waals surface area contributed by atoms with E-state index < -0.39 is 0 Å². The van der Waals surface area contributed by atoms with Gasteiger partial charge in [-0.3, -0.25) is 0 Å². The number of nitrogens with zero attached hydrogens (tertiary/aromatic N) is 4. The molecule has 120 valence electrons. The van der Waals surface area contributed by atoms with Crippen LogP contribution >= 0.6 is 0 Å². The van der Waals surface area contributed by atoms with E-state index in [1.165, 1.54) is 10.9 Å². The van der Waals surface area contributed by atoms with Crippen molar-refractivity contribution >= 4 is 10.9 Å². The predicted molar refractivity (Wildman–Crippen MR) is 95.6 cm³/mol. The van der Waals surface area contributed by atoms with Crippen LogP contribution in [-0.2, 0) is 6.54 Å². The van der Waals surface area contributed by atoms with Crippen molar-refractivity contribution in [3.63, 3.8) is 0 Å². The van der Waals surface area contributed by atoms with Crippen LogP contribution in [0.3, 0.4) is 0 Å². The van der Waals surface area contributed by atoms with Gasteiger partial charge in [0.15, 0.2) is 5.82 Å². The third kappa shape index (κ3) is 2.21. The van der Waals surface area contributed by atoms with Crippen LogP contribution in [-0.4, -0.2) is 19.3 Å². The standard InChI is InChI=1S/C19H19N5/c1-13-6-5-7-16-14(2)10-17(22-18(13)16)24-19(15(11-20)12-21-24)23-8-3-4-9-23/h3-10,12H,11,20H2,1-2H3. The highest BCUT2D eigenvalue weighted by atomic mass is 15.4. The average molecular weight is 317 g/mol. The van der Waals surface area contributed by atoms with E-state index in [1.807, 2.05) is 40.0 Å². The highest BCUT2D eigenvalue weighted by Gasteiger charge is 2.15. The summed E-state index contributed by atoms with van der Waals surface area (Å²) in [5, 5.41) is 5.72. The molecular weight excluding hydrogens is 298 g/mol. The van der Waals surface area contributed by atoms with Crippen LogP contribution in [0.25, 0.3) is 22.5 Å². The highest BCUT2D eigenvalue weighted by Crippen LogP contribution is 2.24. The molecule has 5 heteroatoms. The molecule has 0 aliphatic carbocycles. The first kappa shape index (κ1) is 14.7. The fraction of sp³-hybridized carbons (Fsp3) is 0.158. The van der Waals surface area contributed by atoms with E-state index in [-0.39, 0.29) is 0 Å². The summed E-state index contributed by atoms with van der Waals surface area (Å²) in [5.41, 5.74) is 10.2. The quantitative estimate of drug-likeness (QED) is 0.631. The fourth-order valence-electron chi connectivity index (χ4n) is 3.09. The van der Waals surface area contributed by atoms with Crippen molar-refractivity contribution < 1.29 is 0 Å². The van der Waals surface area contributed by atoms with Crippen LogP contribution in [0, 0.1) is 13.8 Å². The normalized spacial score (nSPS) is 11.3. The molecule has 2 N–H and O–H groups in total. The average Bonchev–Trinajstić information content (AvgIpc) is 3.24. The Morgan fingerprint density at radius 2 is 1.83 bits per heavy atom. The second kappa shape index (κ2) is 5.62. The first-order chi connectivity index (χ1) is 11.7. The molecule has 0 aliphatic rings. The molecule has 0 unspecified atom stereocenters. The van der Waals surface area contributed by atoms with Gasteiger partial charge < -0.3 is 10.3 Å². The Morgan fingerprint density at radius 1 is 1.04 bits per heavy atom. The van der Waals surface area contributed by atoms with Crippen molar-refractivity contribution in [1.82, 2.24) is 19.3 Å². The summed E-state index contributed by atoms with van der Waals surface area (Å²) in [7, 11) is 0. The van der Waals surface area contributed by atoms with Crippen molar-refractivity contribution in [2.24, 2.45) is 5.73 Å². The van der Waals surface area contributed by atoms with Gasteiger partial charge in [0.25, 0.3) is 0 Å². The minimum atomic E-state index is 0.430. The minimum Gasteiger partial charge on any atom is -0.326 e. The van der Waals surface area contributed by atoms with E-state index in [2.05, 4.69) is 43.2 Å². The summed E-state index contributed by atoms with van der Waals surface area (Å²) in [6.07, 6.45) is 5.80. The van der Waals surface area contributed by atoms with Gasteiger partial charge in [-0.05, 0) is 43.2 Å². The summed E-state index contributed by atoms with van der Waals surface area (Å²) in [6, 6.07) is 12.3. The zero-order valence-corrected chi connectivity index (χ0v) is 13.8. The Kier molecular flexibility index (Phi) is 3.43. The lowest BCUT2D eigenvalue weighted by atomic mass is 10.1. The number of hydrogen-bond donors (Lipinski definition) is 1. The van der Waals surface area contributed by atoms with Gasteiger partial charge in [0.05, 0.1) is 11.7 Å². The number of fused-ring (bicyclic) bond motifs is 1. The molecule has 0 amide bonds. The lowest BCUT2D eigenvalue weighted by Gasteiger charge is -2.12. The summed E-state index contributed by atoms with van der Waals surface area (Å²) in [4.78, 5) is 4.87. The topological polar surface area (TPSA) is 61.7 Å². The largest absolute Gasteiger partial charge is 0.326 e. The molecule has 0 bridgehead atoms. The molecule has 5 nitrogen and oxygen atoms in total. The van der Waals surface area contributed by atoms with Crippen LogP contribution in [0.5, 0.6) is 0 Å². The molecule has 1 aromatic carbocycles. The molecule has 0 radical (unpaired) electrons. The first-order valence-electron chi connectivity index (χ1n) is 7.96. The van der Waals surface area contributed by atoms with Crippen LogP contribution in [0.15, 0.2) is 55.0 Å². The van der Waals surface area contributed by atoms with E-state index in [4.69, 9.17) is 10.7 Å². The second-order valence-corrected chi connectivity index (χ2v) is 5.97. The van der Waals surface area contributed by atoms with E-state index in [0.717, 1.165) is 28.3 Å². The maximum Gasteiger partial charge on any atom is 0.156 e. The van der Waals surface area contributed by atoms with Gasteiger partial charge in [0, 0.05) is 29.9 Å². The van der Waals surface area contributed by atoms with Crippen LogP contribution in [0.1, 0.15) is 16.7 Å². The smallest absolute Gasteiger partial charge is 0.156 e. The maximum atomic E-state index is 5.91. The summed E-state index contributed by atoms with van der Waals surface area (Å²) < 4.78 is 3.88. The zero-order chi connectivity index (χ0) is 16.7. The van der Waals surface area contributed by atoms with Crippen LogP contribution in [0.4, 0.5) is 0 Å². The van der Waals surface area contributed by atoms with Crippen molar-refractivity contribution in [2.75, 3.05) is 0 Å². The Labute approximate surface area is 140 Å². The predicted octanol–water partition coefficient (Wildman–Crippen LogP) is 3.29. The molecular formula is C19H19N5. The summed E-state index contributed by atoms with van der Waals surface area (Å²) in [6.45, 7) is 4.62. The maximum absolute atomic E-state index is 5.91. The van der Waals surface area contributed by atoms with Crippen LogP contribution < -0.4 is 5.73 Å². The molecule has 3 heterocycles. The summed E-state index contributed by atoms with van der Waals surface area (Å²) in [5.74, 6) is 1.74. The minimum absolute atomic E-state index is 0.430. The lowest BCUT2D eigenvalue weighted by Crippen LogP contribution is -2.09. The van der Waals surface area contributed by atoms with E-state index >= 15 is 0 Å². The Hall–Kier alpha value is -2.92.